The fourth-order valence-corrected chi connectivity index (χ4v) is 5.93. The molecule has 0 unspecified atom stereocenters. The van der Waals surface area contributed by atoms with E-state index in [1.165, 1.54) is 27.1 Å². The van der Waals surface area contributed by atoms with Crippen molar-refractivity contribution in [3.8, 4) is 22.0 Å². The molecule has 4 rings (SSSR count). The second-order valence-electron chi connectivity index (χ2n) is 7.40. The molecule has 0 aliphatic heterocycles. The summed E-state index contributed by atoms with van der Waals surface area (Å²) in [7, 11) is 0. The maximum Gasteiger partial charge on any atom is 0.192 e. The zero-order chi connectivity index (χ0) is 20.5. The molecule has 0 amide bonds. The molecule has 0 saturated carbocycles. The van der Waals surface area contributed by atoms with Crippen molar-refractivity contribution >= 4 is 34.4 Å². The Kier molecular flexibility index (Phi) is 5.90. The van der Waals surface area contributed by atoms with Crippen LogP contribution in [0.3, 0.4) is 0 Å². The molecule has 0 aliphatic carbocycles. The van der Waals surface area contributed by atoms with E-state index in [0.29, 0.717) is 6.04 Å². The number of benzene rings is 1. The summed E-state index contributed by atoms with van der Waals surface area (Å²) in [6.45, 7) is 10.8. The van der Waals surface area contributed by atoms with Crippen molar-refractivity contribution in [1.82, 2.24) is 19.7 Å². The van der Waals surface area contributed by atoms with Crippen LogP contribution >= 0.6 is 34.4 Å². The number of thiophene rings is 1. The first-order chi connectivity index (χ1) is 13.9. The summed E-state index contributed by atoms with van der Waals surface area (Å²) in [4.78, 5) is 6.17. The average Bonchev–Trinajstić information content (AvgIpc) is 3.40. The van der Waals surface area contributed by atoms with Crippen LogP contribution in [0.2, 0.25) is 0 Å². The van der Waals surface area contributed by atoms with Gasteiger partial charge in [0.15, 0.2) is 11.0 Å². The Morgan fingerprint density at radius 3 is 2.59 bits per heavy atom. The Labute approximate surface area is 184 Å². The molecule has 0 spiro atoms. The number of aromatic nitrogens is 4. The first kappa shape index (κ1) is 20.3. The highest BCUT2D eigenvalue weighted by molar-refractivity contribution is 7.98. The second kappa shape index (κ2) is 8.42. The van der Waals surface area contributed by atoms with E-state index >= 15 is 0 Å². The summed E-state index contributed by atoms with van der Waals surface area (Å²) >= 11 is 5.17. The first-order valence-corrected chi connectivity index (χ1v) is 12.3. The van der Waals surface area contributed by atoms with Crippen LogP contribution in [0.25, 0.3) is 22.0 Å². The van der Waals surface area contributed by atoms with Crippen molar-refractivity contribution in [2.24, 2.45) is 0 Å². The minimum Gasteiger partial charge on any atom is -0.299 e. The van der Waals surface area contributed by atoms with E-state index in [2.05, 4.69) is 84.4 Å². The Hall–Kier alpha value is -1.96. The van der Waals surface area contributed by atoms with Crippen molar-refractivity contribution in [3.63, 3.8) is 0 Å². The van der Waals surface area contributed by atoms with E-state index in [9.17, 15) is 0 Å². The third-order valence-corrected chi connectivity index (χ3v) is 7.80. The van der Waals surface area contributed by atoms with Gasteiger partial charge in [0.1, 0.15) is 5.01 Å². The third kappa shape index (κ3) is 4.17. The van der Waals surface area contributed by atoms with E-state index in [1.807, 2.05) is 0 Å². The van der Waals surface area contributed by atoms with E-state index in [-0.39, 0.29) is 0 Å². The summed E-state index contributed by atoms with van der Waals surface area (Å²) in [5.74, 6) is 1.75. The molecule has 7 heteroatoms. The largest absolute Gasteiger partial charge is 0.299 e. The number of hydrogen-bond acceptors (Lipinski definition) is 6. The Bertz CT molecular complexity index is 1140. The van der Waals surface area contributed by atoms with Crippen LogP contribution in [0.5, 0.6) is 0 Å². The van der Waals surface area contributed by atoms with Crippen LogP contribution in [-0.2, 0) is 5.75 Å². The topological polar surface area (TPSA) is 43.6 Å². The SMILES string of the molecule is Cc1cccc(-c2nc(CSc3nnc(-c4csc(C)c4C)n3C(C)C)cs2)c1. The predicted octanol–water partition coefficient (Wildman–Crippen LogP) is 6.93. The Morgan fingerprint density at radius 2 is 1.90 bits per heavy atom. The number of nitrogens with zero attached hydrogens (tertiary/aromatic N) is 4. The van der Waals surface area contributed by atoms with Crippen molar-refractivity contribution in [2.75, 3.05) is 0 Å². The number of hydrogen-bond donors (Lipinski definition) is 0. The van der Waals surface area contributed by atoms with Gasteiger partial charge in [0.2, 0.25) is 0 Å². The average molecular weight is 441 g/mol. The zero-order valence-corrected chi connectivity index (χ0v) is 19.7. The highest BCUT2D eigenvalue weighted by Crippen LogP contribution is 2.34. The molecule has 0 aliphatic rings. The van der Waals surface area contributed by atoms with Gasteiger partial charge in [0.05, 0.1) is 5.69 Å². The molecule has 1 aromatic carbocycles. The minimum atomic E-state index is 0.292. The molecule has 0 atom stereocenters. The molecular formula is C22H24N4S3. The van der Waals surface area contributed by atoms with Crippen LogP contribution in [0, 0.1) is 20.8 Å². The summed E-state index contributed by atoms with van der Waals surface area (Å²) in [5.41, 5.74) is 6.00. The van der Waals surface area contributed by atoms with Crippen molar-refractivity contribution < 1.29 is 0 Å². The minimum absolute atomic E-state index is 0.292. The summed E-state index contributed by atoms with van der Waals surface area (Å²) < 4.78 is 2.24. The quantitative estimate of drug-likeness (QED) is 0.305. The third-order valence-electron chi connectivity index (χ3n) is 4.87. The van der Waals surface area contributed by atoms with Crippen LogP contribution < -0.4 is 0 Å². The molecule has 3 heterocycles. The van der Waals surface area contributed by atoms with Crippen molar-refractivity contribution in [2.45, 2.75) is 51.6 Å². The number of thioether (sulfide) groups is 1. The lowest BCUT2D eigenvalue weighted by molar-refractivity contribution is 0.555. The van der Waals surface area contributed by atoms with E-state index in [0.717, 1.165) is 27.4 Å². The van der Waals surface area contributed by atoms with Crippen LogP contribution in [0.15, 0.2) is 40.2 Å². The monoisotopic (exact) mass is 440 g/mol. The summed E-state index contributed by atoms with van der Waals surface area (Å²) in [5, 5.41) is 15.4. The van der Waals surface area contributed by atoms with Gasteiger partial charge < -0.3 is 0 Å². The zero-order valence-electron chi connectivity index (χ0n) is 17.3. The van der Waals surface area contributed by atoms with Crippen molar-refractivity contribution in [1.29, 1.82) is 0 Å². The fraction of sp³-hybridized carbons (Fsp3) is 0.318. The molecular weight excluding hydrogens is 416 g/mol. The Morgan fingerprint density at radius 1 is 1.07 bits per heavy atom. The maximum absolute atomic E-state index is 4.84. The van der Waals surface area contributed by atoms with Gasteiger partial charge in [-0.1, -0.05) is 35.5 Å². The molecule has 4 nitrogen and oxygen atoms in total. The molecule has 0 N–H and O–H groups in total. The summed E-state index contributed by atoms with van der Waals surface area (Å²) in [6.07, 6.45) is 0. The highest BCUT2D eigenvalue weighted by atomic mass is 32.2. The van der Waals surface area contributed by atoms with Gasteiger partial charge in [0.25, 0.3) is 0 Å². The normalized spacial score (nSPS) is 11.5. The molecule has 150 valence electrons. The lowest BCUT2D eigenvalue weighted by Gasteiger charge is -2.13. The standard InChI is InChI=1S/C22H24N4S3/c1-13(2)26-20(19-12-27-16(5)15(19)4)24-25-22(26)29-11-18-10-28-21(23-18)17-8-6-7-14(3)9-17/h6-10,12-13H,11H2,1-5H3. The maximum atomic E-state index is 4.84. The number of rotatable bonds is 6. The molecule has 0 bridgehead atoms. The van der Waals surface area contributed by atoms with E-state index in [1.54, 1.807) is 34.4 Å². The van der Waals surface area contributed by atoms with E-state index in [4.69, 9.17) is 4.98 Å². The van der Waals surface area contributed by atoms with Gasteiger partial charge in [0, 0.05) is 38.6 Å². The number of aryl methyl sites for hydroxylation is 2. The van der Waals surface area contributed by atoms with Gasteiger partial charge in [-0.2, -0.15) is 0 Å². The molecule has 0 saturated heterocycles. The first-order valence-electron chi connectivity index (χ1n) is 9.58. The van der Waals surface area contributed by atoms with Gasteiger partial charge >= 0.3 is 0 Å². The van der Waals surface area contributed by atoms with Crippen molar-refractivity contribution in [3.05, 3.63) is 56.7 Å². The fourth-order valence-electron chi connectivity index (χ4n) is 3.18. The van der Waals surface area contributed by atoms with E-state index < -0.39 is 0 Å². The molecule has 0 radical (unpaired) electrons. The molecule has 3 aromatic heterocycles. The second-order valence-corrected chi connectivity index (χ2v) is 10.3. The van der Waals surface area contributed by atoms with Crippen LogP contribution in [0.4, 0.5) is 0 Å². The highest BCUT2D eigenvalue weighted by Gasteiger charge is 2.20. The van der Waals surface area contributed by atoms with Gasteiger partial charge in [-0.3, -0.25) is 4.57 Å². The van der Waals surface area contributed by atoms with Crippen LogP contribution in [0.1, 0.15) is 41.6 Å². The predicted molar refractivity (Wildman–Crippen MR) is 125 cm³/mol. The lowest BCUT2D eigenvalue weighted by atomic mass is 10.1. The van der Waals surface area contributed by atoms with Crippen LogP contribution in [-0.4, -0.2) is 19.7 Å². The number of thiazole rings is 1. The summed E-state index contributed by atoms with van der Waals surface area (Å²) in [6, 6.07) is 8.79. The van der Waals surface area contributed by atoms with Gasteiger partial charge in [-0.05, 0) is 46.2 Å². The van der Waals surface area contributed by atoms with Gasteiger partial charge in [-0.15, -0.1) is 32.9 Å². The lowest BCUT2D eigenvalue weighted by Crippen LogP contribution is -2.05. The van der Waals surface area contributed by atoms with Gasteiger partial charge in [-0.25, -0.2) is 4.98 Å². The Balaban J connectivity index is 1.56. The molecule has 4 aromatic rings. The molecule has 29 heavy (non-hydrogen) atoms. The smallest absolute Gasteiger partial charge is 0.192 e. The molecule has 0 fully saturated rings.